The Hall–Kier alpha value is 0.0700. The molecule has 0 aliphatic heterocycles. The number of nitrogens with zero attached hydrogens (tertiary/aromatic N) is 1. The van der Waals surface area contributed by atoms with Crippen LogP contribution in [0.15, 0.2) is 0 Å². The minimum Gasteiger partial charge on any atom is -0.396 e. The summed E-state index contributed by atoms with van der Waals surface area (Å²) >= 11 is 14.5. The van der Waals surface area contributed by atoms with Crippen LogP contribution in [-0.4, -0.2) is 15.3 Å². The standard InChI is InChI=1S/C3H3Cl3FNO2/c1-3(4,7)10-2(9)8(5)6/h1H3. The van der Waals surface area contributed by atoms with Crippen molar-refractivity contribution in [3.8, 4) is 0 Å². The fraction of sp³-hybridized carbons (Fsp3) is 0.667. The van der Waals surface area contributed by atoms with Crippen LogP contribution in [0.4, 0.5) is 9.18 Å². The highest BCUT2D eigenvalue weighted by molar-refractivity contribution is 6.40. The van der Waals surface area contributed by atoms with Crippen molar-refractivity contribution in [1.29, 1.82) is 0 Å². The molecule has 3 nitrogen and oxygen atoms in total. The van der Waals surface area contributed by atoms with Crippen LogP contribution in [0.2, 0.25) is 0 Å². The number of hydrogen-bond donors (Lipinski definition) is 0. The van der Waals surface area contributed by atoms with E-state index in [1.165, 1.54) is 0 Å². The molecule has 0 aromatic carbocycles. The number of carbonyl (C=O) groups is 1. The summed E-state index contributed by atoms with van der Waals surface area (Å²) in [5, 5.41) is -2.58. The molecule has 0 bridgehead atoms. The van der Waals surface area contributed by atoms with Crippen molar-refractivity contribution in [2.45, 2.75) is 12.2 Å². The van der Waals surface area contributed by atoms with Crippen LogP contribution in [0, 0.1) is 0 Å². The fourth-order valence-corrected chi connectivity index (χ4v) is 0.323. The van der Waals surface area contributed by atoms with E-state index in [-0.39, 0.29) is 3.94 Å². The fourth-order valence-electron chi connectivity index (χ4n) is 0.188. The highest BCUT2D eigenvalue weighted by Gasteiger charge is 2.26. The summed E-state index contributed by atoms with van der Waals surface area (Å²) in [5.74, 6) is 0. The van der Waals surface area contributed by atoms with E-state index in [1.54, 1.807) is 0 Å². The first kappa shape index (κ1) is 10.1. The molecule has 0 aromatic heterocycles. The molecule has 0 fully saturated rings. The Bertz CT molecular complexity index is 134. The third-order valence-corrected chi connectivity index (χ3v) is 0.758. The van der Waals surface area contributed by atoms with E-state index in [0.29, 0.717) is 0 Å². The molecule has 1 amide bonds. The number of amides is 1. The topological polar surface area (TPSA) is 29.5 Å². The van der Waals surface area contributed by atoms with Gasteiger partial charge in [0.05, 0.1) is 0 Å². The number of alkyl halides is 2. The van der Waals surface area contributed by atoms with Crippen LogP contribution in [-0.2, 0) is 4.74 Å². The average Bonchev–Trinajstić information content (AvgIpc) is 1.60. The zero-order valence-electron chi connectivity index (χ0n) is 4.78. The summed E-state index contributed by atoms with van der Waals surface area (Å²) in [6, 6.07) is 0. The number of ether oxygens (including phenoxy) is 1. The molecule has 0 N–H and O–H groups in total. The van der Waals surface area contributed by atoms with Crippen molar-refractivity contribution in [2.75, 3.05) is 0 Å². The quantitative estimate of drug-likeness (QED) is 0.492. The summed E-state index contributed by atoms with van der Waals surface area (Å²) in [6.07, 6.45) is -1.27. The van der Waals surface area contributed by atoms with Gasteiger partial charge >= 0.3 is 11.4 Å². The molecule has 0 rings (SSSR count). The van der Waals surface area contributed by atoms with Gasteiger partial charge in [0, 0.05) is 30.5 Å². The Morgan fingerprint density at radius 1 is 1.70 bits per heavy atom. The van der Waals surface area contributed by atoms with Gasteiger partial charge in [0.25, 0.3) is 0 Å². The van der Waals surface area contributed by atoms with E-state index in [0.717, 1.165) is 6.92 Å². The van der Waals surface area contributed by atoms with E-state index >= 15 is 0 Å². The first-order valence-electron chi connectivity index (χ1n) is 2.05. The lowest BCUT2D eigenvalue weighted by molar-refractivity contribution is -0.0119. The molecule has 0 saturated heterocycles. The van der Waals surface area contributed by atoms with E-state index < -0.39 is 11.4 Å². The number of carbonyl (C=O) groups excluding carboxylic acids is 1. The molecular weight excluding hydrogens is 207 g/mol. The average molecular weight is 210 g/mol. The van der Waals surface area contributed by atoms with Crippen molar-refractivity contribution in [3.63, 3.8) is 0 Å². The van der Waals surface area contributed by atoms with Crippen LogP contribution in [0.3, 0.4) is 0 Å². The zero-order valence-corrected chi connectivity index (χ0v) is 7.04. The summed E-state index contributed by atoms with van der Waals surface area (Å²) in [5.41, 5.74) is 0. The van der Waals surface area contributed by atoms with Crippen molar-refractivity contribution in [3.05, 3.63) is 0 Å². The maximum Gasteiger partial charge on any atom is 0.443 e. The van der Waals surface area contributed by atoms with Crippen molar-refractivity contribution < 1.29 is 13.9 Å². The Kier molecular flexibility index (Phi) is 3.48. The smallest absolute Gasteiger partial charge is 0.396 e. The Morgan fingerprint density at radius 3 is 2.20 bits per heavy atom. The van der Waals surface area contributed by atoms with Gasteiger partial charge in [-0.3, -0.25) is 0 Å². The third kappa shape index (κ3) is 4.90. The van der Waals surface area contributed by atoms with E-state index in [2.05, 4.69) is 4.74 Å². The summed E-state index contributed by atoms with van der Waals surface area (Å²) in [7, 11) is 0. The predicted octanol–water partition coefficient (Wildman–Crippen LogP) is 2.61. The molecule has 0 aliphatic carbocycles. The predicted molar refractivity (Wildman–Crippen MR) is 35.4 cm³/mol. The normalized spacial score (nSPS) is 15.7. The van der Waals surface area contributed by atoms with Gasteiger partial charge in [-0.25, -0.2) is 4.79 Å². The SMILES string of the molecule is CC(F)(Cl)OC(=O)N(Cl)Cl. The molecule has 60 valence electrons. The molecule has 0 aromatic rings. The first-order chi connectivity index (χ1) is 4.33. The second kappa shape index (κ2) is 3.46. The largest absolute Gasteiger partial charge is 0.443 e. The Morgan fingerprint density at radius 2 is 2.10 bits per heavy atom. The second-order valence-corrected chi connectivity index (χ2v) is 2.93. The van der Waals surface area contributed by atoms with Gasteiger partial charge < -0.3 is 4.74 Å². The Labute approximate surface area is 71.8 Å². The van der Waals surface area contributed by atoms with Crippen LogP contribution >= 0.6 is 35.2 Å². The van der Waals surface area contributed by atoms with Gasteiger partial charge in [-0.15, -0.1) is 3.94 Å². The van der Waals surface area contributed by atoms with Crippen LogP contribution in [0.25, 0.3) is 0 Å². The highest BCUT2D eigenvalue weighted by Crippen LogP contribution is 2.19. The monoisotopic (exact) mass is 209 g/mol. The van der Waals surface area contributed by atoms with Crippen molar-refractivity contribution in [2.24, 2.45) is 0 Å². The molecule has 0 radical (unpaired) electrons. The molecule has 0 aliphatic rings. The zero-order chi connectivity index (χ0) is 8.36. The van der Waals surface area contributed by atoms with Gasteiger partial charge in [-0.1, -0.05) is 0 Å². The molecule has 1 atom stereocenters. The van der Waals surface area contributed by atoms with Crippen LogP contribution in [0.5, 0.6) is 0 Å². The maximum atomic E-state index is 12.2. The summed E-state index contributed by atoms with van der Waals surface area (Å²) in [4.78, 5) is 10.3. The lowest BCUT2D eigenvalue weighted by atomic mass is 10.8. The van der Waals surface area contributed by atoms with Gasteiger partial charge in [0.1, 0.15) is 0 Å². The molecular formula is C3H3Cl3FNO2. The van der Waals surface area contributed by atoms with Crippen LogP contribution in [0.1, 0.15) is 6.92 Å². The second-order valence-electron chi connectivity index (χ2n) is 1.41. The van der Waals surface area contributed by atoms with Crippen LogP contribution < -0.4 is 0 Å². The molecule has 0 heterocycles. The van der Waals surface area contributed by atoms with E-state index in [1.807, 2.05) is 0 Å². The minimum absolute atomic E-state index is 0.0280. The van der Waals surface area contributed by atoms with Gasteiger partial charge in [-0.05, 0) is 11.6 Å². The van der Waals surface area contributed by atoms with E-state index in [9.17, 15) is 9.18 Å². The van der Waals surface area contributed by atoms with Gasteiger partial charge in [0.15, 0.2) is 0 Å². The molecule has 10 heavy (non-hydrogen) atoms. The molecule has 1 unspecified atom stereocenters. The number of rotatable bonds is 1. The van der Waals surface area contributed by atoms with E-state index in [4.69, 9.17) is 35.2 Å². The van der Waals surface area contributed by atoms with Gasteiger partial charge in [0.2, 0.25) is 0 Å². The van der Waals surface area contributed by atoms with Crippen molar-refractivity contribution in [1.82, 2.24) is 3.94 Å². The lowest BCUT2D eigenvalue weighted by Gasteiger charge is -2.12. The molecule has 7 heteroatoms. The Balaban J connectivity index is 3.81. The third-order valence-electron chi connectivity index (χ3n) is 0.405. The minimum atomic E-state index is -2.58. The number of hydrogen-bond acceptors (Lipinski definition) is 2. The van der Waals surface area contributed by atoms with Gasteiger partial charge in [-0.2, -0.15) is 4.39 Å². The van der Waals surface area contributed by atoms with Crippen molar-refractivity contribution >= 4 is 41.2 Å². The summed E-state index contributed by atoms with van der Waals surface area (Å²) < 4.78 is 16.0. The lowest BCUT2D eigenvalue weighted by Crippen LogP contribution is -2.23. The molecule has 0 saturated carbocycles. The maximum absolute atomic E-state index is 12.2. The summed E-state index contributed by atoms with van der Waals surface area (Å²) in [6.45, 7) is 0.823. The highest BCUT2D eigenvalue weighted by atomic mass is 35.5. The molecule has 0 spiro atoms. The first-order valence-corrected chi connectivity index (χ1v) is 3.11. The number of halogens is 4.